The number of carbonyl (C=O) groups excluding carboxylic acids is 1. The number of ether oxygens (including phenoxy) is 1. The van der Waals surface area contributed by atoms with E-state index in [-0.39, 0.29) is 27.6 Å². The largest absolute Gasteiger partial charge is 0.457 e. The summed E-state index contributed by atoms with van der Waals surface area (Å²) in [5.74, 6) is -0.443. The minimum absolute atomic E-state index is 0.0373. The molecule has 0 aliphatic rings. The molecule has 0 bridgehead atoms. The number of rotatable bonds is 5. The topological polar surface area (TPSA) is 98.5 Å². The van der Waals surface area contributed by atoms with Crippen LogP contribution in [0.25, 0.3) is 0 Å². The minimum Gasteiger partial charge on any atom is -0.457 e. The number of amides is 1. The van der Waals surface area contributed by atoms with Gasteiger partial charge in [0, 0.05) is 11.3 Å². The van der Waals surface area contributed by atoms with E-state index in [0.29, 0.717) is 11.1 Å². The molecule has 3 rings (SSSR count). The number of hydrogen-bond acceptors (Lipinski definition) is 4. The molecule has 3 aromatic rings. The van der Waals surface area contributed by atoms with Gasteiger partial charge in [-0.25, -0.2) is 13.6 Å². The fraction of sp³-hybridized carbons (Fsp3) is 0.136. The van der Waals surface area contributed by atoms with E-state index < -0.39 is 27.7 Å². The number of aryl methyl sites for hydroxylation is 1. The zero-order valence-electron chi connectivity index (χ0n) is 17.0. The second-order valence-electron chi connectivity index (χ2n) is 7.07. The Bertz CT molecular complexity index is 1290. The molecule has 0 saturated heterocycles. The average Bonchev–Trinajstić information content (AvgIpc) is 2.70. The van der Waals surface area contributed by atoms with Crippen LogP contribution in [0.15, 0.2) is 65.6 Å². The summed E-state index contributed by atoms with van der Waals surface area (Å²) < 4.78 is 67.5. The number of primary sulfonamides is 1. The normalized spacial score (nSPS) is 11.8. The molecule has 0 fully saturated rings. The number of anilines is 1. The lowest BCUT2D eigenvalue weighted by Gasteiger charge is -2.13. The maximum absolute atomic E-state index is 12.9. The van der Waals surface area contributed by atoms with Crippen LogP contribution in [0.5, 0.6) is 11.5 Å². The maximum atomic E-state index is 12.9. The van der Waals surface area contributed by atoms with Crippen LogP contribution in [0.1, 0.15) is 27.0 Å². The summed E-state index contributed by atoms with van der Waals surface area (Å²) >= 11 is 0. The Morgan fingerprint density at radius 2 is 1.59 bits per heavy atom. The van der Waals surface area contributed by atoms with Crippen molar-refractivity contribution >= 4 is 21.6 Å². The predicted octanol–water partition coefficient (Wildman–Crippen LogP) is 5.01. The van der Waals surface area contributed by atoms with Crippen molar-refractivity contribution in [2.24, 2.45) is 5.14 Å². The molecule has 10 heteroatoms. The van der Waals surface area contributed by atoms with E-state index in [0.717, 1.165) is 12.1 Å². The van der Waals surface area contributed by atoms with E-state index in [4.69, 9.17) is 9.88 Å². The molecule has 0 spiro atoms. The number of sulfonamides is 1. The molecule has 1 amide bonds. The molecule has 0 unspecified atom stereocenters. The molecule has 3 N–H and O–H groups in total. The monoisotopic (exact) mass is 464 g/mol. The Balaban J connectivity index is 1.85. The first kappa shape index (κ1) is 23.3. The van der Waals surface area contributed by atoms with Gasteiger partial charge in [-0.05, 0) is 73.5 Å². The molecule has 6 nitrogen and oxygen atoms in total. The van der Waals surface area contributed by atoms with Gasteiger partial charge in [0.2, 0.25) is 10.0 Å². The van der Waals surface area contributed by atoms with E-state index in [2.05, 4.69) is 5.32 Å². The molecule has 0 radical (unpaired) electrons. The first-order chi connectivity index (χ1) is 14.8. The molecule has 0 atom stereocenters. The lowest BCUT2D eigenvalue weighted by molar-refractivity contribution is -0.137. The van der Waals surface area contributed by atoms with Gasteiger partial charge in [-0.1, -0.05) is 12.1 Å². The number of nitrogens with one attached hydrogen (secondary N) is 1. The molecule has 0 heterocycles. The van der Waals surface area contributed by atoms with Gasteiger partial charge < -0.3 is 10.1 Å². The maximum Gasteiger partial charge on any atom is 0.416 e. The van der Waals surface area contributed by atoms with Crippen LogP contribution in [0.2, 0.25) is 0 Å². The Labute approximate surface area is 182 Å². The number of nitrogens with two attached hydrogens (primary N) is 1. The summed E-state index contributed by atoms with van der Waals surface area (Å²) in [5, 5.41) is 7.83. The number of halogens is 3. The molecular formula is C22H19F3N2O4S. The van der Waals surface area contributed by atoms with Gasteiger partial charge in [0.15, 0.2) is 0 Å². The van der Waals surface area contributed by atoms with Gasteiger partial charge >= 0.3 is 6.18 Å². The highest BCUT2D eigenvalue weighted by molar-refractivity contribution is 7.89. The third kappa shape index (κ3) is 5.45. The van der Waals surface area contributed by atoms with Crippen LogP contribution in [0.4, 0.5) is 18.9 Å². The van der Waals surface area contributed by atoms with Gasteiger partial charge in [0.05, 0.1) is 10.5 Å². The van der Waals surface area contributed by atoms with Crippen molar-refractivity contribution in [2.45, 2.75) is 24.9 Å². The third-order valence-corrected chi connectivity index (χ3v) is 5.60. The molecule has 0 aliphatic heterocycles. The van der Waals surface area contributed by atoms with E-state index in [1.165, 1.54) is 48.5 Å². The number of benzene rings is 3. The second-order valence-corrected chi connectivity index (χ2v) is 8.63. The van der Waals surface area contributed by atoms with Gasteiger partial charge in [0.25, 0.3) is 5.91 Å². The second kappa shape index (κ2) is 8.64. The highest BCUT2D eigenvalue weighted by Crippen LogP contribution is 2.33. The summed E-state index contributed by atoms with van der Waals surface area (Å²) in [4.78, 5) is 12.6. The number of carbonyl (C=O) groups is 1. The van der Waals surface area contributed by atoms with Crippen molar-refractivity contribution in [3.63, 3.8) is 0 Å². The predicted molar refractivity (Wildman–Crippen MR) is 113 cm³/mol. The summed E-state index contributed by atoms with van der Waals surface area (Å²) in [6, 6.07) is 12.9. The molecule has 32 heavy (non-hydrogen) atoms. The van der Waals surface area contributed by atoms with Crippen molar-refractivity contribution in [3.8, 4) is 11.5 Å². The molecule has 168 valence electrons. The summed E-state index contributed by atoms with van der Waals surface area (Å²) in [6.45, 7) is 3.40. The van der Waals surface area contributed by atoms with E-state index in [1.807, 2.05) is 0 Å². The zero-order valence-corrected chi connectivity index (χ0v) is 17.8. The van der Waals surface area contributed by atoms with Crippen molar-refractivity contribution in [3.05, 3.63) is 82.9 Å². The van der Waals surface area contributed by atoms with Crippen LogP contribution in [-0.4, -0.2) is 14.3 Å². The third-order valence-electron chi connectivity index (χ3n) is 4.71. The summed E-state index contributed by atoms with van der Waals surface area (Å²) in [5.41, 5.74) is 0.843. The van der Waals surface area contributed by atoms with Crippen molar-refractivity contribution in [2.75, 3.05) is 5.32 Å². The Morgan fingerprint density at radius 3 is 2.22 bits per heavy atom. The lowest BCUT2D eigenvalue weighted by Crippen LogP contribution is -2.16. The molecule has 0 aromatic heterocycles. The number of hydrogen-bond donors (Lipinski definition) is 2. The average molecular weight is 464 g/mol. The van der Waals surface area contributed by atoms with Crippen LogP contribution in [-0.2, 0) is 16.2 Å². The van der Waals surface area contributed by atoms with Crippen LogP contribution >= 0.6 is 0 Å². The van der Waals surface area contributed by atoms with Crippen molar-refractivity contribution < 1.29 is 31.1 Å². The molecule has 3 aromatic carbocycles. The Kier molecular flexibility index (Phi) is 6.29. The summed E-state index contributed by atoms with van der Waals surface area (Å²) in [6.07, 6.45) is -4.51. The van der Waals surface area contributed by atoms with Crippen molar-refractivity contribution in [1.29, 1.82) is 0 Å². The highest BCUT2D eigenvalue weighted by atomic mass is 32.2. The standard InChI is InChI=1S/C22H19F3N2O4S/c1-13-9-19(32(26,29)30)12-20(14(13)2)27-21(28)15-5-3-7-17(10-15)31-18-8-4-6-16(11-18)22(23,24)25/h3-12H,1-2H3,(H,27,28)(H2,26,29,30). The van der Waals surface area contributed by atoms with E-state index >= 15 is 0 Å². The Morgan fingerprint density at radius 1 is 0.969 bits per heavy atom. The van der Waals surface area contributed by atoms with Gasteiger partial charge in [-0.3, -0.25) is 4.79 Å². The van der Waals surface area contributed by atoms with Gasteiger partial charge in [-0.2, -0.15) is 13.2 Å². The zero-order chi connectivity index (χ0) is 23.7. The first-order valence-corrected chi connectivity index (χ1v) is 10.8. The fourth-order valence-electron chi connectivity index (χ4n) is 2.89. The molecule has 0 aliphatic carbocycles. The first-order valence-electron chi connectivity index (χ1n) is 9.25. The Hall–Kier alpha value is -3.37. The molecular weight excluding hydrogens is 445 g/mol. The van der Waals surface area contributed by atoms with E-state index in [1.54, 1.807) is 13.8 Å². The van der Waals surface area contributed by atoms with Crippen LogP contribution < -0.4 is 15.2 Å². The number of alkyl halides is 3. The quantitative estimate of drug-likeness (QED) is 0.554. The van der Waals surface area contributed by atoms with Gasteiger partial charge in [-0.15, -0.1) is 0 Å². The lowest BCUT2D eigenvalue weighted by atomic mass is 10.1. The summed E-state index contributed by atoms with van der Waals surface area (Å²) in [7, 11) is -3.97. The molecule has 0 saturated carbocycles. The fourth-order valence-corrected chi connectivity index (χ4v) is 3.51. The van der Waals surface area contributed by atoms with Gasteiger partial charge in [0.1, 0.15) is 11.5 Å². The van der Waals surface area contributed by atoms with Crippen LogP contribution in [0.3, 0.4) is 0 Å². The minimum atomic E-state index is -4.51. The highest BCUT2D eigenvalue weighted by Gasteiger charge is 2.30. The SMILES string of the molecule is Cc1cc(S(N)(=O)=O)cc(NC(=O)c2cccc(Oc3cccc(C(F)(F)F)c3)c2)c1C. The van der Waals surface area contributed by atoms with E-state index in [9.17, 15) is 26.4 Å². The van der Waals surface area contributed by atoms with Crippen LogP contribution in [0, 0.1) is 13.8 Å². The van der Waals surface area contributed by atoms with Crippen molar-refractivity contribution in [1.82, 2.24) is 0 Å². The smallest absolute Gasteiger partial charge is 0.416 e.